The van der Waals surface area contributed by atoms with E-state index in [0.717, 1.165) is 12.8 Å². The summed E-state index contributed by atoms with van der Waals surface area (Å²) in [5.41, 5.74) is 0. The zero-order valence-corrected chi connectivity index (χ0v) is 7.39. The molecule has 1 heterocycles. The van der Waals surface area contributed by atoms with Crippen molar-refractivity contribution in [3.8, 4) is 0 Å². The summed E-state index contributed by atoms with van der Waals surface area (Å²) in [6, 6.07) is 0. The highest BCUT2D eigenvalue weighted by Crippen LogP contribution is 2.21. The van der Waals surface area contributed by atoms with E-state index in [9.17, 15) is 8.42 Å². The largest absolute Gasteiger partial charge is 0.219 e. The number of unbranched alkanes of at least 4 members (excludes halogenated alkanes) is 1. The van der Waals surface area contributed by atoms with Gasteiger partial charge in [-0.05, 0) is 25.0 Å². The summed E-state index contributed by atoms with van der Waals surface area (Å²) < 4.78 is 22.2. The highest BCUT2D eigenvalue weighted by Gasteiger charge is 2.16. The molecule has 0 aromatic carbocycles. The molecular weight excluding hydrogens is 160 g/mol. The molecule has 0 bridgehead atoms. The Balaban J connectivity index is 2.63. The quantitative estimate of drug-likeness (QED) is 0.652. The van der Waals surface area contributed by atoms with Gasteiger partial charge in [0.1, 0.15) is 0 Å². The fourth-order valence-electron chi connectivity index (χ4n) is 1.01. The molecule has 11 heavy (non-hydrogen) atoms. The van der Waals surface area contributed by atoms with Crippen LogP contribution in [0.25, 0.3) is 0 Å². The molecule has 0 saturated heterocycles. The predicted octanol–water partition coefficient (Wildman–Crippen LogP) is 2.00. The zero-order valence-electron chi connectivity index (χ0n) is 6.58. The Bertz CT molecular complexity index is 283. The summed E-state index contributed by atoms with van der Waals surface area (Å²) in [6.45, 7) is 2.05. The molecule has 0 fully saturated rings. The Morgan fingerprint density at radius 1 is 1.45 bits per heavy atom. The number of rotatable bonds is 3. The van der Waals surface area contributed by atoms with Crippen molar-refractivity contribution in [3.05, 3.63) is 22.5 Å². The summed E-state index contributed by atoms with van der Waals surface area (Å²) in [7, 11) is -2.98. The number of hydrogen-bond acceptors (Lipinski definition) is 2. The van der Waals surface area contributed by atoms with Crippen LogP contribution in [0.2, 0.25) is 0 Å². The van der Waals surface area contributed by atoms with Crippen LogP contribution in [0.3, 0.4) is 0 Å². The van der Waals surface area contributed by atoms with Gasteiger partial charge in [0.25, 0.3) is 0 Å². The van der Waals surface area contributed by atoms with Gasteiger partial charge in [0.05, 0.1) is 0 Å². The van der Waals surface area contributed by atoms with Crippen molar-refractivity contribution in [2.75, 3.05) is 0 Å². The van der Waals surface area contributed by atoms with Gasteiger partial charge in [-0.1, -0.05) is 13.3 Å². The van der Waals surface area contributed by atoms with Gasteiger partial charge in [-0.2, -0.15) is 0 Å². The van der Waals surface area contributed by atoms with Crippen molar-refractivity contribution in [1.82, 2.24) is 0 Å². The molecule has 0 aromatic rings. The van der Waals surface area contributed by atoms with Crippen LogP contribution in [0.1, 0.15) is 26.2 Å². The van der Waals surface area contributed by atoms with Crippen LogP contribution in [-0.2, 0) is 9.84 Å². The van der Waals surface area contributed by atoms with E-state index in [0.29, 0.717) is 11.3 Å². The second kappa shape index (κ2) is 3.22. The van der Waals surface area contributed by atoms with Gasteiger partial charge in [0.15, 0.2) is 9.84 Å². The Labute approximate surface area is 67.5 Å². The standard InChI is InChI=1S/C8H12O2S/c1-2-3-5-8-6-4-7-11(8,9)10/h4,6-7H,2-3,5H2,1H3. The maximum absolute atomic E-state index is 11.1. The van der Waals surface area contributed by atoms with Crippen LogP contribution < -0.4 is 0 Å². The lowest BCUT2D eigenvalue weighted by Gasteiger charge is -1.98. The highest BCUT2D eigenvalue weighted by atomic mass is 32.2. The molecule has 0 unspecified atom stereocenters. The first-order valence-electron chi connectivity index (χ1n) is 3.79. The van der Waals surface area contributed by atoms with Crippen LogP contribution in [0.15, 0.2) is 22.5 Å². The van der Waals surface area contributed by atoms with Crippen molar-refractivity contribution >= 4 is 9.84 Å². The van der Waals surface area contributed by atoms with Crippen LogP contribution in [0.5, 0.6) is 0 Å². The first-order valence-corrected chi connectivity index (χ1v) is 5.34. The van der Waals surface area contributed by atoms with Gasteiger partial charge < -0.3 is 0 Å². The van der Waals surface area contributed by atoms with Crippen LogP contribution in [0.4, 0.5) is 0 Å². The molecule has 0 spiro atoms. The maximum Gasteiger partial charge on any atom is 0.196 e. The van der Waals surface area contributed by atoms with E-state index in [-0.39, 0.29) is 0 Å². The molecule has 0 radical (unpaired) electrons. The Morgan fingerprint density at radius 3 is 2.64 bits per heavy atom. The van der Waals surface area contributed by atoms with E-state index in [4.69, 9.17) is 0 Å². The van der Waals surface area contributed by atoms with Crippen LogP contribution in [-0.4, -0.2) is 8.42 Å². The van der Waals surface area contributed by atoms with Crippen molar-refractivity contribution in [2.24, 2.45) is 0 Å². The van der Waals surface area contributed by atoms with Gasteiger partial charge in [0, 0.05) is 10.3 Å². The van der Waals surface area contributed by atoms with Gasteiger partial charge in [-0.25, -0.2) is 8.42 Å². The molecule has 3 heteroatoms. The molecule has 1 aliphatic heterocycles. The molecule has 62 valence electrons. The number of sulfone groups is 1. The third-order valence-electron chi connectivity index (χ3n) is 1.68. The predicted molar refractivity (Wildman–Crippen MR) is 45.7 cm³/mol. The molecular formula is C8H12O2S. The van der Waals surface area contributed by atoms with Crippen molar-refractivity contribution in [2.45, 2.75) is 26.2 Å². The summed E-state index contributed by atoms with van der Waals surface area (Å²) in [6.07, 6.45) is 5.96. The average molecular weight is 172 g/mol. The third kappa shape index (κ3) is 1.93. The minimum atomic E-state index is -2.98. The molecule has 0 amide bonds. The minimum absolute atomic E-state index is 0.569. The molecule has 1 aliphatic rings. The van der Waals surface area contributed by atoms with E-state index in [1.807, 2.05) is 0 Å². The molecule has 2 nitrogen and oxygen atoms in total. The first-order chi connectivity index (χ1) is 5.17. The summed E-state index contributed by atoms with van der Waals surface area (Å²) in [5.74, 6) is 0. The lowest BCUT2D eigenvalue weighted by Crippen LogP contribution is -1.95. The lowest BCUT2D eigenvalue weighted by molar-refractivity contribution is 0.608. The van der Waals surface area contributed by atoms with E-state index in [1.165, 1.54) is 5.41 Å². The lowest BCUT2D eigenvalue weighted by atomic mass is 10.2. The Morgan fingerprint density at radius 2 is 2.18 bits per heavy atom. The van der Waals surface area contributed by atoms with E-state index < -0.39 is 9.84 Å². The Hall–Kier alpha value is -0.570. The van der Waals surface area contributed by atoms with Crippen molar-refractivity contribution in [3.63, 3.8) is 0 Å². The van der Waals surface area contributed by atoms with Crippen LogP contribution >= 0.6 is 0 Å². The third-order valence-corrected chi connectivity index (χ3v) is 3.27. The zero-order chi connectivity index (χ0) is 8.32. The average Bonchev–Trinajstić information content (AvgIpc) is 2.25. The fourth-order valence-corrected chi connectivity index (χ4v) is 2.17. The van der Waals surface area contributed by atoms with Crippen LogP contribution in [0, 0.1) is 0 Å². The smallest absolute Gasteiger partial charge is 0.196 e. The van der Waals surface area contributed by atoms with E-state index in [1.54, 1.807) is 12.2 Å². The molecule has 1 rings (SSSR count). The van der Waals surface area contributed by atoms with Gasteiger partial charge in [-0.15, -0.1) is 0 Å². The highest BCUT2D eigenvalue weighted by molar-refractivity contribution is 7.98. The topological polar surface area (TPSA) is 34.1 Å². The molecule has 0 saturated carbocycles. The molecule has 0 aliphatic carbocycles. The van der Waals surface area contributed by atoms with Gasteiger partial charge in [-0.3, -0.25) is 0 Å². The molecule has 0 atom stereocenters. The van der Waals surface area contributed by atoms with Crippen molar-refractivity contribution < 1.29 is 8.42 Å². The fraction of sp³-hybridized carbons (Fsp3) is 0.500. The number of hydrogen-bond donors (Lipinski definition) is 0. The summed E-state index contributed by atoms with van der Waals surface area (Å²) in [5, 5.41) is 1.26. The normalized spacial score (nSPS) is 20.3. The van der Waals surface area contributed by atoms with Gasteiger partial charge >= 0.3 is 0 Å². The van der Waals surface area contributed by atoms with E-state index >= 15 is 0 Å². The van der Waals surface area contributed by atoms with Crippen molar-refractivity contribution in [1.29, 1.82) is 0 Å². The SMILES string of the molecule is CCCCC1=CC=CS1(=O)=O. The molecule has 0 N–H and O–H groups in total. The maximum atomic E-state index is 11.1. The second-order valence-corrected chi connectivity index (χ2v) is 4.50. The molecule has 0 aromatic heterocycles. The monoisotopic (exact) mass is 172 g/mol. The number of allylic oxidation sites excluding steroid dienone is 3. The minimum Gasteiger partial charge on any atom is -0.219 e. The summed E-state index contributed by atoms with van der Waals surface area (Å²) in [4.78, 5) is 0.569. The van der Waals surface area contributed by atoms with E-state index in [2.05, 4.69) is 6.92 Å². The second-order valence-electron chi connectivity index (χ2n) is 2.61. The Kier molecular flexibility index (Phi) is 2.49. The summed E-state index contributed by atoms with van der Waals surface area (Å²) >= 11 is 0. The first kappa shape index (κ1) is 8.53. The van der Waals surface area contributed by atoms with Gasteiger partial charge in [0.2, 0.25) is 0 Å².